The number of nitrogens with one attached hydrogen (secondary N) is 1. The number of aromatic nitrogens is 1. The summed E-state index contributed by atoms with van der Waals surface area (Å²) >= 11 is 1.93. The summed E-state index contributed by atoms with van der Waals surface area (Å²) in [6.45, 7) is 7.84. The van der Waals surface area contributed by atoms with Crippen molar-refractivity contribution < 1.29 is 4.92 Å². The van der Waals surface area contributed by atoms with Crippen LogP contribution in [0.4, 0.5) is 17.3 Å². The van der Waals surface area contributed by atoms with E-state index in [4.69, 9.17) is 0 Å². The number of nitro groups is 1. The number of anilines is 2. The van der Waals surface area contributed by atoms with E-state index in [9.17, 15) is 10.1 Å². The first-order valence-corrected chi connectivity index (χ1v) is 7.86. The van der Waals surface area contributed by atoms with E-state index in [0.29, 0.717) is 29.5 Å². The van der Waals surface area contributed by atoms with E-state index in [1.165, 1.54) is 6.07 Å². The van der Waals surface area contributed by atoms with Crippen molar-refractivity contribution in [2.45, 2.75) is 32.1 Å². The predicted molar refractivity (Wildman–Crippen MR) is 83.8 cm³/mol. The number of hydrogen-bond acceptors (Lipinski definition) is 6. The van der Waals surface area contributed by atoms with Crippen LogP contribution < -0.4 is 10.2 Å². The molecule has 0 amide bonds. The first-order chi connectivity index (χ1) is 9.52. The lowest BCUT2D eigenvalue weighted by Gasteiger charge is -2.38. The molecule has 2 unspecified atom stereocenters. The van der Waals surface area contributed by atoms with E-state index in [0.717, 1.165) is 12.3 Å². The molecule has 1 aliphatic heterocycles. The van der Waals surface area contributed by atoms with Gasteiger partial charge in [-0.05, 0) is 13.8 Å². The third-order valence-electron chi connectivity index (χ3n) is 3.54. The largest absolute Gasteiger partial charge is 0.370 e. The standard InChI is InChI=1S/C13H20N4O2S/c1-4-14-12-7-11(17(18)19)8-13(15-12)16-5-6-20-10(3)9(16)2/h7-10H,4-6H2,1-3H3,(H,14,15). The van der Waals surface area contributed by atoms with Gasteiger partial charge in [-0.25, -0.2) is 4.98 Å². The Morgan fingerprint density at radius 3 is 2.95 bits per heavy atom. The summed E-state index contributed by atoms with van der Waals surface area (Å²) in [6, 6.07) is 3.37. The molecule has 0 bridgehead atoms. The van der Waals surface area contributed by atoms with Gasteiger partial charge >= 0.3 is 0 Å². The summed E-state index contributed by atoms with van der Waals surface area (Å²) in [7, 11) is 0. The van der Waals surface area contributed by atoms with Crippen LogP contribution in [0.2, 0.25) is 0 Å². The Bertz CT molecular complexity index is 497. The molecule has 1 saturated heterocycles. The van der Waals surface area contributed by atoms with Gasteiger partial charge in [0.25, 0.3) is 5.69 Å². The monoisotopic (exact) mass is 296 g/mol. The summed E-state index contributed by atoms with van der Waals surface area (Å²) < 4.78 is 0. The first kappa shape index (κ1) is 14.9. The van der Waals surface area contributed by atoms with Crippen LogP contribution in [-0.4, -0.2) is 40.0 Å². The highest BCUT2D eigenvalue weighted by atomic mass is 32.2. The number of rotatable bonds is 4. The number of thioether (sulfide) groups is 1. The Morgan fingerprint density at radius 2 is 2.30 bits per heavy atom. The van der Waals surface area contributed by atoms with E-state index in [1.807, 2.05) is 18.7 Å². The van der Waals surface area contributed by atoms with E-state index in [2.05, 4.69) is 29.0 Å². The van der Waals surface area contributed by atoms with Gasteiger partial charge in [-0.2, -0.15) is 11.8 Å². The molecule has 2 rings (SSSR count). The summed E-state index contributed by atoms with van der Waals surface area (Å²) in [5.41, 5.74) is 0.0871. The minimum absolute atomic E-state index is 0.0871. The number of nitrogens with zero attached hydrogens (tertiary/aromatic N) is 3. The van der Waals surface area contributed by atoms with Crippen molar-refractivity contribution in [2.24, 2.45) is 0 Å². The SMILES string of the molecule is CCNc1cc([N+](=O)[O-])cc(N2CCSC(C)C2C)n1. The molecule has 0 radical (unpaired) electrons. The Hall–Kier alpha value is -1.50. The minimum atomic E-state index is -0.362. The highest BCUT2D eigenvalue weighted by molar-refractivity contribution is 8.00. The van der Waals surface area contributed by atoms with Crippen molar-refractivity contribution in [3.05, 3.63) is 22.2 Å². The van der Waals surface area contributed by atoms with Crippen LogP contribution in [0.15, 0.2) is 12.1 Å². The van der Waals surface area contributed by atoms with Crippen LogP contribution in [-0.2, 0) is 0 Å². The van der Waals surface area contributed by atoms with Gasteiger partial charge < -0.3 is 10.2 Å². The van der Waals surface area contributed by atoms with Crippen molar-refractivity contribution >= 4 is 29.1 Å². The number of pyridine rings is 1. The van der Waals surface area contributed by atoms with E-state index >= 15 is 0 Å². The van der Waals surface area contributed by atoms with Crippen LogP contribution in [0.25, 0.3) is 0 Å². The van der Waals surface area contributed by atoms with Gasteiger partial charge in [-0.1, -0.05) is 6.92 Å². The minimum Gasteiger partial charge on any atom is -0.370 e. The smallest absolute Gasteiger partial charge is 0.276 e. The fraction of sp³-hybridized carbons (Fsp3) is 0.615. The highest BCUT2D eigenvalue weighted by Crippen LogP contribution is 2.31. The highest BCUT2D eigenvalue weighted by Gasteiger charge is 2.27. The van der Waals surface area contributed by atoms with Gasteiger partial charge in [-0.3, -0.25) is 10.1 Å². The molecule has 20 heavy (non-hydrogen) atoms. The molecule has 1 aromatic rings. The second-order valence-corrected chi connectivity index (χ2v) is 6.35. The third kappa shape index (κ3) is 3.15. The Labute approximate surface area is 123 Å². The second kappa shape index (κ2) is 6.30. The van der Waals surface area contributed by atoms with Crippen molar-refractivity contribution in [1.82, 2.24) is 4.98 Å². The molecule has 110 valence electrons. The second-order valence-electron chi connectivity index (χ2n) is 4.87. The van der Waals surface area contributed by atoms with Gasteiger partial charge in [0.1, 0.15) is 11.6 Å². The number of hydrogen-bond donors (Lipinski definition) is 1. The van der Waals surface area contributed by atoms with Crippen LogP contribution in [0.3, 0.4) is 0 Å². The van der Waals surface area contributed by atoms with Crippen molar-refractivity contribution in [3.63, 3.8) is 0 Å². The normalized spacial score (nSPS) is 22.6. The maximum absolute atomic E-state index is 11.1. The summed E-state index contributed by atoms with van der Waals surface area (Å²) in [4.78, 5) is 17.4. The Balaban J connectivity index is 2.36. The fourth-order valence-corrected chi connectivity index (χ4v) is 3.38. The average Bonchev–Trinajstić information content (AvgIpc) is 2.42. The van der Waals surface area contributed by atoms with E-state index < -0.39 is 0 Å². The average molecular weight is 296 g/mol. The molecule has 0 aliphatic carbocycles. The third-order valence-corrected chi connectivity index (χ3v) is 4.88. The molecule has 0 saturated carbocycles. The lowest BCUT2D eigenvalue weighted by molar-refractivity contribution is -0.384. The van der Waals surface area contributed by atoms with Crippen molar-refractivity contribution in [2.75, 3.05) is 29.1 Å². The van der Waals surface area contributed by atoms with Crippen LogP contribution >= 0.6 is 11.8 Å². The van der Waals surface area contributed by atoms with Gasteiger partial charge in [0.15, 0.2) is 0 Å². The molecule has 0 aromatic carbocycles. The maximum Gasteiger partial charge on any atom is 0.276 e. The van der Waals surface area contributed by atoms with Crippen molar-refractivity contribution in [3.8, 4) is 0 Å². The molecule has 1 aliphatic rings. The molecule has 6 nitrogen and oxygen atoms in total. The quantitative estimate of drug-likeness (QED) is 0.680. The zero-order chi connectivity index (χ0) is 14.7. The van der Waals surface area contributed by atoms with E-state index in [-0.39, 0.29) is 10.6 Å². The van der Waals surface area contributed by atoms with Crippen LogP contribution in [0.1, 0.15) is 20.8 Å². The topological polar surface area (TPSA) is 71.3 Å². The zero-order valence-electron chi connectivity index (χ0n) is 12.0. The van der Waals surface area contributed by atoms with Crippen LogP contribution in [0, 0.1) is 10.1 Å². The van der Waals surface area contributed by atoms with Gasteiger partial charge in [0, 0.05) is 30.1 Å². The molecule has 1 aromatic heterocycles. The summed E-state index contributed by atoms with van der Waals surface area (Å²) in [5, 5.41) is 14.6. The predicted octanol–water partition coefficient (Wildman–Crippen LogP) is 2.75. The molecule has 2 atom stereocenters. The molecule has 0 spiro atoms. The molecular formula is C13H20N4O2S. The van der Waals surface area contributed by atoms with Crippen LogP contribution in [0.5, 0.6) is 0 Å². The summed E-state index contributed by atoms with van der Waals surface area (Å²) in [5.74, 6) is 2.27. The Morgan fingerprint density at radius 1 is 1.55 bits per heavy atom. The lowest BCUT2D eigenvalue weighted by Crippen LogP contribution is -2.45. The van der Waals surface area contributed by atoms with Crippen molar-refractivity contribution in [1.29, 1.82) is 0 Å². The summed E-state index contributed by atoms with van der Waals surface area (Å²) in [6.07, 6.45) is 0. The zero-order valence-corrected chi connectivity index (χ0v) is 12.8. The molecule has 2 heterocycles. The van der Waals surface area contributed by atoms with E-state index in [1.54, 1.807) is 6.07 Å². The Kier molecular flexibility index (Phi) is 4.69. The molecule has 1 N–H and O–H groups in total. The molecule has 1 fully saturated rings. The van der Waals surface area contributed by atoms with Gasteiger partial charge in [-0.15, -0.1) is 0 Å². The fourth-order valence-electron chi connectivity index (χ4n) is 2.28. The maximum atomic E-state index is 11.1. The molecule has 7 heteroatoms. The first-order valence-electron chi connectivity index (χ1n) is 6.81. The molecular weight excluding hydrogens is 276 g/mol. The lowest BCUT2D eigenvalue weighted by atomic mass is 10.2. The van der Waals surface area contributed by atoms with Gasteiger partial charge in [0.2, 0.25) is 0 Å². The van der Waals surface area contributed by atoms with Gasteiger partial charge in [0.05, 0.1) is 17.1 Å².